The van der Waals surface area contributed by atoms with Crippen LogP contribution in [0.15, 0.2) is 23.3 Å². The van der Waals surface area contributed by atoms with Crippen LogP contribution in [0.3, 0.4) is 0 Å². The highest BCUT2D eigenvalue weighted by Crippen LogP contribution is 2.28. The number of anilines is 1. The van der Waals surface area contributed by atoms with Gasteiger partial charge in [-0.3, -0.25) is 14.4 Å². The Morgan fingerprint density at radius 2 is 2.12 bits per heavy atom. The highest BCUT2D eigenvalue weighted by atomic mass is 16.4. The summed E-state index contributed by atoms with van der Waals surface area (Å²) in [6, 6.07) is 4.83. The average Bonchev–Trinajstić information content (AvgIpc) is 2.51. The molecular weight excluding hydrogens is 314 g/mol. The lowest BCUT2D eigenvalue weighted by Crippen LogP contribution is -2.34. The van der Waals surface area contributed by atoms with Gasteiger partial charge in [-0.25, -0.2) is 5.01 Å². The lowest BCUT2D eigenvalue weighted by molar-refractivity contribution is -0.140. The Morgan fingerprint density at radius 3 is 2.71 bits per heavy atom. The van der Waals surface area contributed by atoms with E-state index in [1.165, 1.54) is 6.07 Å². The first-order chi connectivity index (χ1) is 11.3. The van der Waals surface area contributed by atoms with Gasteiger partial charge in [0.15, 0.2) is 0 Å². The predicted octanol–water partition coefficient (Wildman–Crippen LogP) is -0.0774. The fraction of sp³-hybridized carbons (Fsp3) is 0.333. The number of nitrogens with one attached hydrogen (secondary N) is 1. The Labute approximate surface area is 138 Å². The van der Waals surface area contributed by atoms with Gasteiger partial charge in [-0.1, -0.05) is 6.07 Å². The number of nitrogens with zero attached hydrogens (tertiary/aromatic N) is 2. The van der Waals surface area contributed by atoms with E-state index in [2.05, 4.69) is 10.4 Å². The number of amides is 2. The third kappa shape index (κ3) is 3.80. The monoisotopic (exact) mass is 333 g/mol. The minimum Gasteiger partial charge on any atom is -0.481 e. The van der Waals surface area contributed by atoms with Gasteiger partial charge in [0.25, 0.3) is 5.91 Å². The molecule has 0 saturated carbocycles. The van der Waals surface area contributed by atoms with Crippen molar-refractivity contribution in [2.45, 2.75) is 19.8 Å². The number of nitrogens with two attached hydrogens (primary N) is 2. The Morgan fingerprint density at radius 1 is 1.42 bits per heavy atom. The van der Waals surface area contributed by atoms with Crippen LogP contribution in [0.25, 0.3) is 0 Å². The van der Waals surface area contributed by atoms with Gasteiger partial charge in [-0.05, 0) is 31.0 Å². The van der Waals surface area contributed by atoms with Crippen LogP contribution in [-0.2, 0) is 16.0 Å². The largest absolute Gasteiger partial charge is 0.481 e. The van der Waals surface area contributed by atoms with E-state index in [1.807, 2.05) is 0 Å². The van der Waals surface area contributed by atoms with Gasteiger partial charge >= 0.3 is 5.97 Å². The van der Waals surface area contributed by atoms with Crippen molar-refractivity contribution in [2.24, 2.45) is 22.5 Å². The van der Waals surface area contributed by atoms with E-state index in [4.69, 9.17) is 16.6 Å². The fourth-order valence-corrected chi connectivity index (χ4v) is 2.52. The maximum Gasteiger partial charge on any atom is 0.304 e. The number of carboxylic acid groups (broad SMARTS) is 1. The van der Waals surface area contributed by atoms with E-state index in [0.29, 0.717) is 17.7 Å². The van der Waals surface area contributed by atoms with Crippen molar-refractivity contribution in [3.8, 4) is 0 Å². The second-order valence-corrected chi connectivity index (χ2v) is 5.41. The third-order valence-electron chi connectivity index (χ3n) is 3.64. The number of hydrogen-bond donors (Lipinski definition) is 4. The smallest absolute Gasteiger partial charge is 0.304 e. The molecule has 1 aromatic rings. The van der Waals surface area contributed by atoms with E-state index < -0.39 is 17.8 Å². The number of fused-ring (bicyclic) bond motifs is 1. The SMILES string of the molecule is CCN(N=C(N)N)C(=O)c1ccc2c(c1)NC(=O)C(CC(=O)O)C2. The highest BCUT2D eigenvalue weighted by Gasteiger charge is 2.29. The topological polar surface area (TPSA) is 151 Å². The number of carboxylic acids is 1. The van der Waals surface area contributed by atoms with Gasteiger partial charge in [-0.2, -0.15) is 0 Å². The molecule has 1 aliphatic rings. The molecule has 6 N–H and O–H groups in total. The molecule has 1 heterocycles. The molecule has 1 aliphatic heterocycles. The molecule has 2 amide bonds. The van der Waals surface area contributed by atoms with E-state index in [0.717, 1.165) is 10.6 Å². The number of rotatable bonds is 5. The summed E-state index contributed by atoms with van der Waals surface area (Å²) >= 11 is 0. The summed E-state index contributed by atoms with van der Waals surface area (Å²) in [5.41, 5.74) is 12.2. The molecule has 9 nitrogen and oxygen atoms in total. The maximum absolute atomic E-state index is 12.4. The van der Waals surface area contributed by atoms with Crippen LogP contribution in [0, 0.1) is 5.92 Å². The molecule has 0 radical (unpaired) electrons. The van der Waals surface area contributed by atoms with Crippen LogP contribution in [-0.4, -0.2) is 40.4 Å². The summed E-state index contributed by atoms with van der Waals surface area (Å²) in [6.07, 6.45) is 0.0768. The molecule has 1 aromatic carbocycles. The van der Waals surface area contributed by atoms with Gasteiger partial charge in [0.2, 0.25) is 11.9 Å². The number of aliphatic carboxylic acids is 1. The summed E-state index contributed by atoms with van der Waals surface area (Å²) in [7, 11) is 0. The van der Waals surface area contributed by atoms with Crippen molar-refractivity contribution in [1.82, 2.24) is 5.01 Å². The lowest BCUT2D eigenvalue weighted by Gasteiger charge is -2.24. The van der Waals surface area contributed by atoms with Crippen LogP contribution in [0.2, 0.25) is 0 Å². The first-order valence-electron chi connectivity index (χ1n) is 7.38. The van der Waals surface area contributed by atoms with Crippen LogP contribution < -0.4 is 16.8 Å². The van der Waals surface area contributed by atoms with E-state index in [-0.39, 0.29) is 24.8 Å². The average molecular weight is 333 g/mol. The molecule has 2 rings (SSSR count). The van der Waals surface area contributed by atoms with Gasteiger partial charge in [0.1, 0.15) is 0 Å². The zero-order valence-electron chi connectivity index (χ0n) is 13.2. The standard InChI is InChI=1S/C15H19N5O4/c1-2-20(19-15(16)17)14(24)9-4-3-8-5-10(7-12(21)22)13(23)18-11(8)6-9/h3-4,6,10H,2,5,7H2,1H3,(H,18,23)(H,21,22)(H4,16,17,19). The van der Waals surface area contributed by atoms with Crippen LogP contribution in [0.1, 0.15) is 29.3 Å². The summed E-state index contributed by atoms with van der Waals surface area (Å²) < 4.78 is 0. The number of carbonyl (C=O) groups is 3. The minimum absolute atomic E-state index is 0.229. The van der Waals surface area contributed by atoms with E-state index in [9.17, 15) is 14.4 Å². The fourth-order valence-electron chi connectivity index (χ4n) is 2.52. The molecule has 9 heteroatoms. The molecule has 24 heavy (non-hydrogen) atoms. The van der Waals surface area contributed by atoms with Crippen molar-refractivity contribution in [3.05, 3.63) is 29.3 Å². The Balaban J connectivity index is 2.25. The molecule has 0 aromatic heterocycles. The number of hydrazone groups is 1. The molecular formula is C15H19N5O4. The minimum atomic E-state index is -1.03. The number of guanidine groups is 1. The van der Waals surface area contributed by atoms with Gasteiger partial charge < -0.3 is 21.9 Å². The van der Waals surface area contributed by atoms with Crippen LogP contribution in [0.4, 0.5) is 5.69 Å². The molecule has 128 valence electrons. The molecule has 0 fully saturated rings. The zero-order valence-corrected chi connectivity index (χ0v) is 13.2. The number of carbonyl (C=O) groups excluding carboxylic acids is 2. The molecule has 0 saturated heterocycles. The summed E-state index contributed by atoms with van der Waals surface area (Å²) in [4.78, 5) is 35.2. The lowest BCUT2D eigenvalue weighted by atomic mass is 9.90. The maximum atomic E-state index is 12.4. The van der Waals surface area contributed by atoms with E-state index in [1.54, 1.807) is 19.1 Å². The van der Waals surface area contributed by atoms with Gasteiger partial charge in [-0.15, -0.1) is 5.10 Å². The number of benzene rings is 1. The summed E-state index contributed by atoms with van der Waals surface area (Å²) in [6.45, 7) is 2.00. The van der Waals surface area contributed by atoms with Crippen LogP contribution in [0.5, 0.6) is 0 Å². The quantitative estimate of drug-likeness (QED) is 0.336. The first kappa shape index (κ1) is 17.3. The molecule has 0 aliphatic carbocycles. The van der Waals surface area contributed by atoms with Crippen molar-refractivity contribution < 1.29 is 19.5 Å². The number of hydrogen-bond acceptors (Lipinski definition) is 4. The molecule has 0 spiro atoms. The second kappa shape index (κ2) is 6.99. The molecule has 1 atom stereocenters. The Hall–Kier alpha value is -3.10. The molecule has 1 unspecified atom stereocenters. The van der Waals surface area contributed by atoms with Gasteiger partial charge in [0.05, 0.1) is 12.3 Å². The van der Waals surface area contributed by atoms with Gasteiger partial charge in [0, 0.05) is 17.8 Å². The highest BCUT2D eigenvalue weighted by molar-refractivity contribution is 6.00. The Bertz CT molecular complexity index is 712. The van der Waals surface area contributed by atoms with Crippen molar-refractivity contribution >= 4 is 29.4 Å². The summed E-state index contributed by atoms with van der Waals surface area (Å²) in [5, 5.41) is 16.4. The Kier molecular flexibility index (Phi) is 5.02. The van der Waals surface area contributed by atoms with Crippen LogP contribution >= 0.6 is 0 Å². The van der Waals surface area contributed by atoms with Crippen molar-refractivity contribution in [2.75, 3.05) is 11.9 Å². The van der Waals surface area contributed by atoms with Crippen molar-refractivity contribution in [1.29, 1.82) is 0 Å². The second-order valence-electron chi connectivity index (χ2n) is 5.41. The van der Waals surface area contributed by atoms with E-state index >= 15 is 0 Å². The first-order valence-corrected chi connectivity index (χ1v) is 7.38. The third-order valence-corrected chi connectivity index (χ3v) is 3.64. The zero-order chi connectivity index (χ0) is 17.9. The normalized spacial score (nSPS) is 15.9. The predicted molar refractivity (Wildman–Crippen MR) is 87.0 cm³/mol. The van der Waals surface area contributed by atoms with Crippen molar-refractivity contribution in [3.63, 3.8) is 0 Å². The summed E-state index contributed by atoms with van der Waals surface area (Å²) in [5.74, 6) is -2.65. The molecule has 0 bridgehead atoms.